The van der Waals surface area contributed by atoms with E-state index >= 15 is 0 Å². The van der Waals surface area contributed by atoms with Gasteiger partial charge in [-0.15, -0.1) is 0 Å². The predicted octanol–water partition coefficient (Wildman–Crippen LogP) is 0.250. The van der Waals surface area contributed by atoms with Crippen LogP contribution < -0.4 is 11.1 Å². The molecule has 1 rings (SSSR count). The number of carbonyl (C=O) groups is 1. The van der Waals surface area contributed by atoms with Gasteiger partial charge < -0.3 is 11.1 Å². The number of hydrogen-bond donors (Lipinski definition) is 2. The normalized spacial score (nSPS) is 22.5. The third-order valence-corrected chi connectivity index (χ3v) is 2.23. The minimum absolute atomic E-state index is 0.0487. The molecule has 1 aliphatic carbocycles. The first kappa shape index (κ1) is 8.53. The molecule has 3 nitrogen and oxygen atoms in total. The summed E-state index contributed by atoms with van der Waals surface area (Å²) in [4.78, 5) is 11.2. The molecular weight excluding hydrogens is 140 g/mol. The summed E-state index contributed by atoms with van der Waals surface area (Å²) in [6.45, 7) is 4.34. The van der Waals surface area contributed by atoms with Crippen LogP contribution in [-0.4, -0.2) is 18.0 Å². The van der Waals surface area contributed by atoms with E-state index in [1.165, 1.54) is 0 Å². The predicted molar refractivity (Wildman–Crippen MR) is 44.0 cm³/mol. The molecule has 0 aromatic heterocycles. The molecule has 0 aromatic rings. The number of carbonyl (C=O) groups excluding carboxylic acids is 1. The van der Waals surface area contributed by atoms with Gasteiger partial charge in [0.25, 0.3) is 0 Å². The summed E-state index contributed by atoms with van der Waals surface area (Å²) >= 11 is 0. The second kappa shape index (κ2) is 2.81. The second-order valence-electron chi connectivity index (χ2n) is 3.69. The molecule has 3 heteroatoms. The molecule has 0 aromatic carbocycles. The van der Waals surface area contributed by atoms with Crippen molar-refractivity contribution in [3.05, 3.63) is 0 Å². The number of nitrogens with one attached hydrogen (secondary N) is 1. The number of hydrogen-bond acceptors (Lipinski definition) is 2. The van der Waals surface area contributed by atoms with E-state index in [-0.39, 0.29) is 17.4 Å². The van der Waals surface area contributed by atoms with Gasteiger partial charge in [-0.25, -0.2) is 0 Å². The van der Waals surface area contributed by atoms with Gasteiger partial charge >= 0.3 is 0 Å². The zero-order valence-electron chi connectivity index (χ0n) is 7.18. The van der Waals surface area contributed by atoms with E-state index in [4.69, 9.17) is 5.73 Å². The van der Waals surface area contributed by atoms with E-state index in [1.54, 1.807) is 0 Å². The molecule has 1 fully saturated rings. The van der Waals surface area contributed by atoms with Gasteiger partial charge in [0.2, 0.25) is 5.91 Å². The van der Waals surface area contributed by atoms with Gasteiger partial charge in [-0.05, 0) is 19.8 Å². The van der Waals surface area contributed by atoms with Gasteiger partial charge in [-0.2, -0.15) is 0 Å². The summed E-state index contributed by atoms with van der Waals surface area (Å²) < 4.78 is 0. The van der Waals surface area contributed by atoms with Crippen molar-refractivity contribution in [3.63, 3.8) is 0 Å². The first-order valence-electron chi connectivity index (χ1n) is 4.09. The Labute approximate surface area is 67.3 Å². The number of amides is 1. The van der Waals surface area contributed by atoms with Gasteiger partial charge in [-0.3, -0.25) is 4.79 Å². The van der Waals surface area contributed by atoms with E-state index in [1.807, 2.05) is 6.92 Å². The summed E-state index contributed by atoms with van der Waals surface area (Å²) in [5.74, 6) is 0.0416. The van der Waals surface area contributed by atoms with Crippen LogP contribution in [0, 0.1) is 5.92 Å². The Bertz CT molecular complexity index is 163. The van der Waals surface area contributed by atoms with Crippen molar-refractivity contribution in [2.45, 2.75) is 32.2 Å². The lowest BCUT2D eigenvalue weighted by atomic mass is 10.1. The Morgan fingerprint density at radius 1 is 1.73 bits per heavy atom. The molecule has 3 N–H and O–H groups in total. The Morgan fingerprint density at radius 2 is 2.27 bits per heavy atom. The van der Waals surface area contributed by atoms with Gasteiger partial charge in [0, 0.05) is 18.0 Å². The van der Waals surface area contributed by atoms with Crippen LogP contribution in [0.1, 0.15) is 26.7 Å². The quantitative estimate of drug-likeness (QED) is 0.615. The second-order valence-corrected chi connectivity index (χ2v) is 3.69. The summed E-state index contributed by atoms with van der Waals surface area (Å²) in [6.07, 6.45) is 2.21. The van der Waals surface area contributed by atoms with Crippen LogP contribution in [-0.2, 0) is 4.79 Å². The summed E-state index contributed by atoms with van der Waals surface area (Å²) in [5.41, 5.74) is 5.45. The Balaban J connectivity index is 2.31. The van der Waals surface area contributed by atoms with Crippen LogP contribution in [0.15, 0.2) is 0 Å². The summed E-state index contributed by atoms with van der Waals surface area (Å²) in [7, 11) is 0. The molecule has 1 aliphatic rings. The Kier molecular flexibility index (Phi) is 2.18. The Hall–Kier alpha value is -0.570. The fraction of sp³-hybridized carbons (Fsp3) is 0.875. The van der Waals surface area contributed by atoms with E-state index < -0.39 is 0 Å². The average molecular weight is 156 g/mol. The molecule has 0 saturated heterocycles. The van der Waals surface area contributed by atoms with Crippen LogP contribution in [0.2, 0.25) is 0 Å². The molecule has 0 aliphatic heterocycles. The zero-order valence-corrected chi connectivity index (χ0v) is 7.18. The highest BCUT2D eigenvalue weighted by molar-refractivity contribution is 5.79. The van der Waals surface area contributed by atoms with Crippen LogP contribution in [0.5, 0.6) is 0 Å². The SMILES string of the molecule is CC(CN)C(=O)NC1(C)CC1. The molecule has 11 heavy (non-hydrogen) atoms. The minimum atomic E-state index is -0.0487. The van der Waals surface area contributed by atoms with Gasteiger partial charge in [0.1, 0.15) is 0 Å². The topological polar surface area (TPSA) is 55.1 Å². The van der Waals surface area contributed by atoms with Gasteiger partial charge in [0.15, 0.2) is 0 Å². The maximum atomic E-state index is 11.2. The van der Waals surface area contributed by atoms with Crippen LogP contribution in [0.25, 0.3) is 0 Å². The monoisotopic (exact) mass is 156 g/mol. The van der Waals surface area contributed by atoms with Crippen molar-refractivity contribution in [1.82, 2.24) is 5.32 Å². The Morgan fingerprint density at radius 3 is 2.64 bits per heavy atom. The lowest BCUT2D eigenvalue weighted by Crippen LogP contribution is -2.40. The molecule has 0 heterocycles. The van der Waals surface area contributed by atoms with Crippen LogP contribution in [0.3, 0.4) is 0 Å². The highest BCUT2D eigenvalue weighted by atomic mass is 16.2. The molecule has 64 valence electrons. The molecule has 0 radical (unpaired) electrons. The molecule has 0 bridgehead atoms. The van der Waals surface area contributed by atoms with Crippen LogP contribution >= 0.6 is 0 Å². The molecule has 1 atom stereocenters. The minimum Gasteiger partial charge on any atom is -0.351 e. The third kappa shape index (κ3) is 2.19. The standard InChI is InChI=1S/C8H16N2O/c1-6(5-9)7(11)10-8(2)3-4-8/h6H,3-5,9H2,1-2H3,(H,10,11). The maximum absolute atomic E-state index is 11.2. The van der Waals surface area contributed by atoms with E-state index in [2.05, 4.69) is 12.2 Å². The molecule has 1 amide bonds. The smallest absolute Gasteiger partial charge is 0.224 e. The van der Waals surface area contributed by atoms with Crippen molar-refractivity contribution in [2.24, 2.45) is 11.7 Å². The molecule has 0 spiro atoms. The van der Waals surface area contributed by atoms with Crippen molar-refractivity contribution >= 4 is 5.91 Å². The third-order valence-electron chi connectivity index (χ3n) is 2.23. The van der Waals surface area contributed by atoms with Crippen molar-refractivity contribution in [2.75, 3.05) is 6.54 Å². The molecule has 1 unspecified atom stereocenters. The summed E-state index contributed by atoms with van der Waals surface area (Å²) in [5, 5.41) is 2.96. The van der Waals surface area contributed by atoms with Crippen molar-refractivity contribution < 1.29 is 4.79 Å². The number of rotatable bonds is 3. The molecule has 1 saturated carbocycles. The molecular formula is C8H16N2O. The number of nitrogens with two attached hydrogens (primary N) is 1. The first-order chi connectivity index (χ1) is 5.07. The lowest BCUT2D eigenvalue weighted by Gasteiger charge is -2.14. The first-order valence-corrected chi connectivity index (χ1v) is 4.09. The van der Waals surface area contributed by atoms with Gasteiger partial charge in [-0.1, -0.05) is 6.92 Å². The fourth-order valence-electron chi connectivity index (χ4n) is 0.840. The highest BCUT2D eigenvalue weighted by Crippen LogP contribution is 2.34. The van der Waals surface area contributed by atoms with Gasteiger partial charge in [0.05, 0.1) is 0 Å². The average Bonchev–Trinajstić information content (AvgIpc) is 2.66. The lowest BCUT2D eigenvalue weighted by molar-refractivity contribution is -0.125. The van der Waals surface area contributed by atoms with Crippen LogP contribution in [0.4, 0.5) is 0 Å². The maximum Gasteiger partial charge on any atom is 0.224 e. The zero-order chi connectivity index (χ0) is 8.48. The fourth-order valence-corrected chi connectivity index (χ4v) is 0.840. The largest absolute Gasteiger partial charge is 0.351 e. The van der Waals surface area contributed by atoms with E-state index in [0.717, 1.165) is 12.8 Å². The highest BCUT2D eigenvalue weighted by Gasteiger charge is 2.39. The van der Waals surface area contributed by atoms with Crippen molar-refractivity contribution in [3.8, 4) is 0 Å². The van der Waals surface area contributed by atoms with Crippen molar-refractivity contribution in [1.29, 1.82) is 0 Å². The van der Waals surface area contributed by atoms with E-state index in [9.17, 15) is 4.79 Å². The van der Waals surface area contributed by atoms with E-state index in [0.29, 0.717) is 6.54 Å². The summed E-state index contributed by atoms with van der Waals surface area (Å²) in [6, 6.07) is 0.